The number of thioether (sulfide) groups is 1. The summed E-state index contributed by atoms with van der Waals surface area (Å²) in [6, 6.07) is 0. The summed E-state index contributed by atoms with van der Waals surface area (Å²) in [6.07, 6.45) is 0.259. The number of allylic oxidation sites excluding steroid dienone is 1. The molecule has 0 aromatic carbocycles. The fourth-order valence-electron chi connectivity index (χ4n) is 0.765. The lowest BCUT2D eigenvalue weighted by molar-refractivity contribution is -0.166. The van der Waals surface area contributed by atoms with Gasteiger partial charge in [0.25, 0.3) is 0 Å². The van der Waals surface area contributed by atoms with Crippen LogP contribution in [0, 0.1) is 0 Å². The minimum absolute atomic E-state index is 0.0941. The van der Waals surface area contributed by atoms with Crippen molar-refractivity contribution in [3.8, 4) is 0 Å². The van der Waals surface area contributed by atoms with Crippen LogP contribution in [-0.2, 0) is 4.74 Å². The Morgan fingerprint density at radius 1 is 1.64 bits per heavy atom. The van der Waals surface area contributed by atoms with Crippen molar-refractivity contribution in [3.05, 3.63) is 12.0 Å². The molecule has 14 heavy (non-hydrogen) atoms. The summed E-state index contributed by atoms with van der Waals surface area (Å²) in [5, 5.41) is 2.68. The summed E-state index contributed by atoms with van der Waals surface area (Å²) in [6.45, 7) is -1.29. The number of nitrogens with zero attached hydrogens (tertiary/aromatic N) is 1. The summed E-state index contributed by atoms with van der Waals surface area (Å²) in [5.74, 6) is 0.0941. The number of alkyl halides is 3. The molecule has 0 radical (unpaired) electrons. The Hall–Kier alpha value is -0.850. The molecule has 0 aliphatic carbocycles. The van der Waals surface area contributed by atoms with Crippen LogP contribution in [0.3, 0.4) is 0 Å². The first-order valence-corrected chi connectivity index (χ1v) is 5.02. The molecule has 1 unspecified atom stereocenters. The molecular formula is C7H9F3N2OS. The van der Waals surface area contributed by atoms with E-state index in [0.29, 0.717) is 0 Å². The van der Waals surface area contributed by atoms with E-state index >= 15 is 0 Å². The molecule has 1 N–H and O–H groups in total. The van der Waals surface area contributed by atoms with Crippen molar-refractivity contribution >= 4 is 18.0 Å². The predicted octanol–water partition coefficient (Wildman–Crippen LogP) is 1.73. The highest BCUT2D eigenvalue weighted by Gasteiger charge is 2.29. The number of hydrogen-bond donors (Lipinski definition) is 1. The first kappa shape index (κ1) is 11.2. The Bertz CT molecular complexity index is 252. The third-order valence-corrected chi connectivity index (χ3v) is 2.01. The predicted molar refractivity (Wildman–Crippen MR) is 49.0 cm³/mol. The second-order valence-corrected chi connectivity index (χ2v) is 3.38. The molecule has 0 aromatic heterocycles. The van der Waals surface area contributed by atoms with Crippen LogP contribution in [-0.4, -0.2) is 30.8 Å². The topological polar surface area (TPSA) is 33.6 Å². The highest BCUT2D eigenvalue weighted by Crippen LogP contribution is 2.17. The lowest BCUT2D eigenvalue weighted by atomic mass is 10.5. The molecule has 3 nitrogen and oxygen atoms in total. The first-order chi connectivity index (χ1) is 6.51. The van der Waals surface area contributed by atoms with Gasteiger partial charge in [-0.05, 0) is 6.26 Å². The number of halogens is 3. The van der Waals surface area contributed by atoms with Gasteiger partial charge in [-0.1, -0.05) is 0 Å². The summed E-state index contributed by atoms with van der Waals surface area (Å²) >= 11 is 1.37. The maximum atomic E-state index is 11.8. The molecule has 1 aliphatic heterocycles. The summed E-state index contributed by atoms with van der Waals surface area (Å²) in [7, 11) is 0. The van der Waals surface area contributed by atoms with Crippen molar-refractivity contribution in [1.82, 2.24) is 5.32 Å². The zero-order chi connectivity index (χ0) is 10.6. The Kier molecular flexibility index (Phi) is 3.68. The van der Waals surface area contributed by atoms with Crippen LogP contribution in [0.2, 0.25) is 0 Å². The minimum Gasteiger partial charge on any atom is -0.470 e. The van der Waals surface area contributed by atoms with Crippen molar-refractivity contribution in [2.45, 2.75) is 11.7 Å². The second-order valence-electron chi connectivity index (χ2n) is 2.47. The van der Waals surface area contributed by atoms with Crippen LogP contribution in [0.4, 0.5) is 13.2 Å². The second kappa shape index (κ2) is 4.59. The van der Waals surface area contributed by atoms with Gasteiger partial charge in [0.05, 0.1) is 0 Å². The maximum absolute atomic E-state index is 11.8. The highest BCUT2D eigenvalue weighted by molar-refractivity contribution is 7.99. The fourth-order valence-corrected chi connectivity index (χ4v) is 1.19. The minimum atomic E-state index is -4.31. The first-order valence-electron chi connectivity index (χ1n) is 3.73. The van der Waals surface area contributed by atoms with E-state index in [1.54, 1.807) is 6.26 Å². The normalized spacial score (nSPS) is 21.4. The maximum Gasteiger partial charge on any atom is 0.422 e. The van der Waals surface area contributed by atoms with Gasteiger partial charge >= 0.3 is 6.18 Å². The third-order valence-electron chi connectivity index (χ3n) is 1.33. The van der Waals surface area contributed by atoms with Gasteiger partial charge in [-0.15, -0.1) is 11.8 Å². The quantitative estimate of drug-likeness (QED) is 0.795. The molecule has 1 heterocycles. The van der Waals surface area contributed by atoms with Gasteiger partial charge in [-0.3, -0.25) is 4.99 Å². The number of hydrogen-bond acceptors (Lipinski definition) is 4. The molecule has 0 amide bonds. The van der Waals surface area contributed by atoms with Crippen molar-refractivity contribution in [3.63, 3.8) is 0 Å². The fraction of sp³-hybridized carbons (Fsp3) is 0.571. The Balaban J connectivity index is 2.39. The van der Waals surface area contributed by atoms with Gasteiger partial charge < -0.3 is 10.1 Å². The molecule has 0 bridgehead atoms. The number of nitrogens with one attached hydrogen (secondary N) is 1. The molecule has 7 heteroatoms. The van der Waals surface area contributed by atoms with E-state index in [1.807, 2.05) is 0 Å². The van der Waals surface area contributed by atoms with E-state index in [2.05, 4.69) is 15.0 Å². The van der Waals surface area contributed by atoms with Crippen molar-refractivity contribution < 1.29 is 17.9 Å². The van der Waals surface area contributed by atoms with Crippen molar-refractivity contribution in [2.24, 2.45) is 4.99 Å². The lowest BCUT2D eigenvalue weighted by Gasteiger charge is -2.19. The zero-order valence-corrected chi connectivity index (χ0v) is 8.15. The van der Waals surface area contributed by atoms with Crippen LogP contribution in [0.25, 0.3) is 0 Å². The van der Waals surface area contributed by atoms with Gasteiger partial charge in [0, 0.05) is 12.3 Å². The lowest BCUT2D eigenvalue weighted by Crippen LogP contribution is -2.30. The average molecular weight is 226 g/mol. The van der Waals surface area contributed by atoms with E-state index in [0.717, 1.165) is 0 Å². The molecular weight excluding hydrogens is 217 g/mol. The Labute approximate surface area is 83.4 Å². The summed E-state index contributed by atoms with van der Waals surface area (Å²) < 4.78 is 39.8. The molecule has 1 rings (SSSR count). The Morgan fingerprint density at radius 2 is 2.36 bits per heavy atom. The molecule has 0 aromatic rings. The Morgan fingerprint density at radius 3 is 2.93 bits per heavy atom. The highest BCUT2D eigenvalue weighted by atomic mass is 32.2. The molecule has 1 atom stereocenters. The van der Waals surface area contributed by atoms with E-state index < -0.39 is 12.8 Å². The van der Waals surface area contributed by atoms with Gasteiger partial charge in [-0.2, -0.15) is 13.2 Å². The van der Waals surface area contributed by atoms with E-state index in [9.17, 15) is 13.2 Å². The van der Waals surface area contributed by atoms with Crippen LogP contribution >= 0.6 is 11.8 Å². The number of ether oxygens (including phenoxy) is 1. The monoisotopic (exact) mass is 226 g/mol. The third kappa shape index (κ3) is 3.91. The van der Waals surface area contributed by atoms with Crippen LogP contribution in [0.1, 0.15) is 0 Å². The van der Waals surface area contributed by atoms with Gasteiger partial charge in [-0.25, -0.2) is 0 Å². The largest absolute Gasteiger partial charge is 0.470 e. The summed E-state index contributed by atoms with van der Waals surface area (Å²) in [5.41, 5.74) is -0.275. The van der Waals surface area contributed by atoms with Crippen LogP contribution in [0.5, 0.6) is 0 Å². The van der Waals surface area contributed by atoms with Crippen LogP contribution < -0.4 is 5.32 Å². The SMILES string of the molecule is CSC1N=CC=C(OCC(F)(F)F)N1. The molecule has 0 fully saturated rings. The smallest absolute Gasteiger partial charge is 0.422 e. The van der Waals surface area contributed by atoms with Gasteiger partial charge in [0.1, 0.15) is 0 Å². The standard InChI is InChI=1S/C7H9F3N2OS/c1-14-6-11-3-2-5(12-6)13-4-7(8,9)10/h2-3,6,12H,4H2,1H3. The molecule has 80 valence electrons. The van der Waals surface area contributed by atoms with E-state index in [4.69, 9.17) is 0 Å². The van der Waals surface area contributed by atoms with Crippen LogP contribution in [0.15, 0.2) is 17.0 Å². The van der Waals surface area contributed by atoms with Crippen molar-refractivity contribution in [1.29, 1.82) is 0 Å². The van der Waals surface area contributed by atoms with E-state index in [1.165, 1.54) is 24.1 Å². The number of rotatable bonds is 3. The summed E-state index contributed by atoms with van der Waals surface area (Å²) in [4.78, 5) is 3.93. The van der Waals surface area contributed by atoms with E-state index in [-0.39, 0.29) is 11.4 Å². The zero-order valence-electron chi connectivity index (χ0n) is 7.34. The molecule has 0 saturated heterocycles. The van der Waals surface area contributed by atoms with Gasteiger partial charge in [0.2, 0.25) is 0 Å². The number of aliphatic imine (C=N–C) groups is 1. The molecule has 0 spiro atoms. The van der Waals surface area contributed by atoms with Gasteiger partial charge in [0.15, 0.2) is 18.0 Å². The molecule has 0 saturated carbocycles. The van der Waals surface area contributed by atoms with Crippen molar-refractivity contribution in [2.75, 3.05) is 12.9 Å². The molecule has 1 aliphatic rings. The average Bonchev–Trinajstić information content (AvgIpc) is 2.14.